The van der Waals surface area contributed by atoms with E-state index in [1.54, 1.807) is 34.6 Å². The molecule has 2 amide bonds. The lowest BCUT2D eigenvalue weighted by atomic mass is 9.93. The largest absolute Gasteiger partial charge is 0.493 e. The van der Waals surface area contributed by atoms with Gasteiger partial charge in [-0.2, -0.15) is 57.1 Å². The van der Waals surface area contributed by atoms with E-state index in [-0.39, 0.29) is 5.69 Å². The molecular weight excluding hydrogens is 639 g/mol. The van der Waals surface area contributed by atoms with Gasteiger partial charge in [0.1, 0.15) is 17.4 Å². The van der Waals surface area contributed by atoms with Crippen LogP contribution in [0.3, 0.4) is 0 Å². The van der Waals surface area contributed by atoms with E-state index in [1.807, 2.05) is 0 Å². The van der Waals surface area contributed by atoms with Crippen LogP contribution in [-0.4, -0.2) is 78.0 Å². The van der Waals surface area contributed by atoms with Gasteiger partial charge in [0.25, 0.3) is 0 Å². The fourth-order valence-corrected chi connectivity index (χ4v) is 3.48. The Morgan fingerprint density at radius 2 is 1.23 bits per heavy atom. The van der Waals surface area contributed by atoms with Crippen LogP contribution in [0, 0.1) is 5.92 Å². The molecular formula is C25H29F13N2O4. The minimum absolute atomic E-state index is 0.0370. The summed E-state index contributed by atoms with van der Waals surface area (Å²) < 4.78 is 182. The molecule has 1 aromatic carbocycles. The molecule has 0 radical (unpaired) electrons. The van der Waals surface area contributed by atoms with Crippen molar-refractivity contribution in [2.75, 3.05) is 19.0 Å². The number of rotatable bonds is 12. The Morgan fingerprint density at radius 1 is 0.773 bits per heavy atom. The molecule has 1 rings (SSSR count). The molecule has 0 bridgehead atoms. The van der Waals surface area contributed by atoms with Crippen LogP contribution in [0.1, 0.15) is 41.0 Å². The number of carbonyl (C=O) groups excluding carboxylic acids is 2. The van der Waals surface area contributed by atoms with Gasteiger partial charge in [-0.25, -0.2) is 4.79 Å². The van der Waals surface area contributed by atoms with Crippen LogP contribution >= 0.6 is 0 Å². The Kier molecular flexibility index (Phi) is 11.2. The molecule has 0 aromatic heterocycles. The van der Waals surface area contributed by atoms with Crippen LogP contribution in [0.4, 0.5) is 67.6 Å². The van der Waals surface area contributed by atoms with Gasteiger partial charge in [0.15, 0.2) is 0 Å². The fraction of sp³-hybridized carbons (Fsp3) is 0.680. The highest BCUT2D eigenvalue weighted by atomic mass is 19.4. The summed E-state index contributed by atoms with van der Waals surface area (Å²) in [5.41, 5.74) is -0.831. The van der Waals surface area contributed by atoms with E-state index < -0.39 is 84.1 Å². The van der Waals surface area contributed by atoms with Crippen molar-refractivity contribution in [1.29, 1.82) is 0 Å². The average molecular weight is 668 g/mol. The van der Waals surface area contributed by atoms with Crippen molar-refractivity contribution in [1.82, 2.24) is 4.90 Å². The molecule has 0 aliphatic carbocycles. The van der Waals surface area contributed by atoms with Gasteiger partial charge in [0.2, 0.25) is 5.91 Å². The van der Waals surface area contributed by atoms with Gasteiger partial charge in [-0.1, -0.05) is 13.8 Å². The number of anilines is 1. The SMILES string of the molecule is CC(C)[C@@H](C(=O)Nc1ccc(OCCC(F)(F)C(F)(F)C(F)(F)C(F)(F)C(F)(F)C(F)(F)F)cc1)N(C)C(=O)OC(C)(C)C. The van der Waals surface area contributed by atoms with Gasteiger partial charge in [-0.3, -0.25) is 9.69 Å². The summed E-state index contributed by atoms with van der Waals surface area (Å²) in [7, 11) is 1.31. The van der Waals surface area contributed by atoms with Crippen LogP contribution in [0.2, 0.25) is 0 Å². The molecule has 44 heavy (non-hydrogen) atoms. The Balaban J connectivity index is 2.97. The van der Waals surface area contributed by atoms with Crippen LogP contribution in [0.25, 0.3) is 0 Å². The Labute approximate surface area is 242 Å². The molecule has 0 saturated heterocycles. The van der Waals surface area contributed by atoms with Crippen molar-refractivity contribution in [2.24, 2.45) is 5.92 Å². The van der Waals surface area contributed by atoms with Crippen LogP contribution in [0.5, 0.6) is 5.75 Å². The first-order valence-corrected chi connectivity index (χ1v) is 12.4. The Hall–Kier alpha value is -3.15. The summed E-state index contributed by atoms with van der Waals surface area (Å²) in [6.45, 7) is 6.44. The maximum atomic E-state index is 13.9. The van der Waals surface area contributed by atoms with Crippen LogP contribution in [0.15, 0.2) is 24.3 Å². The zero-order valence-electron chi connectivity index (χ0n) is 23.9. The van der Waals surface area contributed by atoms with Crippen molar-refractivity contribution >= 4 is 17.7 Å². The summed E-state index contributed by atoms with van der Waals surface area (Å²) in [6, 6.07) is 3.06. The number of amides is 2. The molecule has 1 atom stereocenters. The molecule has 0 saturated carbocycles. The number of nitrogens with one attached hydrogen (secondary N) is 1. The standard InChI is InChI=1S/C25H29F13N2O4/c1-13(2)16(40(6)18(42)44-19(3,4)5)17(41)39-14-7-9-15(10-8-14)43-12-11-20(26,27)21(28,29)22(30,31)23(32,33)24(34,35)25(36,37)38/h7-10,13,16H,11-12H2,1-6H3,(H,39,41)/t16-/m0/s1. The predicted octanol–water partition coefficient (Wildman–Crippen LogP) is 8.02. The van der Waals surface area contributed by atoms with Gasteiger partial charge in [0.05, 0.1) is 13.0 Å². The van der Waals surface area contributed by atoms with Gasteiger partial charge >= 0.3 is 41.9 Å². The van der Waals surface area contributed by atoms with Crippen molar-refractivity contribution in [3.05, 3.63) is 24.3 Å². The number of hydrogen-bond acceptors (Lipinski definition) is 4. The second kappa shape index (κ2) is 12.7. The summed E-state index contributed by atoms with van der Waals surface area (Å²) in [6.07, 6.45) is -10.8. The molecule has 0 unspecified atom stereocenters. The lowest BCUT2D eigenvalue weighted by Crippen LogP contribution is -2.70. The summed E-state index contributed by atoms with van der Waals surface area (Å²) in [5.74, 6) is -38.8. The smallest absolute Gasteiger partial charge is 0.460 e. The molecule has 0 heterocycles. The van der Waals surface area contributed by atoms with Crippen LogP contribution < -0.4 is 10.1 Å². The third-order valence-electron chi connectivity index (χ3n) is 5.80. The van der Waals surface area contributed by atoms with Gasteiger partial charge in [-0.05, 0) is 51.0 Å². The third kappa shape index (κ3) is 7.92. The van der Waals surface area contributed by atoms with Gasteiger partial charge in [-0.15, -0.1) is 0 Å². The average Bonchev–Trinajstić information content (AvgIpc) is 2.82. The van der Waals surface area contributed by atoms with E-state index >= 15 is 0 Å². The van der Waals surface area contributed by atoms with E-state index in [1.165, 1.54) is 7.05 Å². The quantitative estimate of drug-likeness (QED) is 0.229. The Morgan fingerprint density at radius 3 is 1.64 bits per heavy atom. The molecule has 0 aliphatic rings. The molecule has 0 fully saturated rings. The first-order chi connectivity index (χ1) is 19.4. The molecule has 1 aromatic rings. The maximum Gasteiger partial charge on any atom is 0.460 e. The first-order valence-electron chi connectivity index (χ1n) is 12.4. The molecule has 19 heteroatoms. The second-order valence-electron chi connectivity index (χ2n) is 10.9. The molecule has 1 N–H and O–H groups in total. The van der Waals surface area contributed by atoms with Crippen LogP contribution in [-0.2, 0) is 9.53 Å². The molecule has 0 spiro atoms. The molecule has 254 valence electrons. The lowest BCUT2D eigenvalue weighted by Gasteiger charge is -2.39. The minimum atomic E-state index is -7.97. The van der Waals surface area contributed by atoms with E-state index in [2.05, 4.69) is 10.1 Å². The topological polar surface area (TPSA) is 67.9 Å². The first kappa shape index (κ1) is 38.9. The zero-order valence-corrected chi connectivity index (χ0v) is 23.9. The number of halogens is 13. The molecule has 6 nitrogen and oxygen atoms in total. The minimum Gasteiger partial charge on any atom is -0.493 e. The van der Waals surface area contributed by atoms with E-state index in [9.17, 15) is 66.7 Å². The van der Waals surface area contributed by atoms with E-state index in [4.69, 9.17) is 4.74 Å². The normalized spacial score (nSPS) is 14.7. The molecule has 0 aliphatic heterocycles. The van der Waals surface area contributed by atoms with E-state index in [0.29, 0.717) is 0 Å². The summed E-state index contributed by atoms with van der Waals surface area (Å²) in [4.78, 5) is 26.2. The number of benzene rings is 1. The number of hydrogen-bond donors (Lipinski definition) is 1. The van der Waals surface area contributed by atoms with Crippen molar-refractivity contribution < 1.29 is 76.1 Å². The van der Waals surface area contributed by atoms with Gasteiger partial charge < -0.3 is 14.8 Å². The fourth-order valence-electron chi connectivity index (χ4n) is 3.48. The highest BCUT2D eigenvalue weighted by Gasteiger charge is 2.90. The third-order valence-corrected chi connectivity index (χ3v) is 5.80. The predicted molar refractivity (Wildman–Crippen MR) is 129 cm³/mol. The number of carbonyl (C=O) groups is 2. The second-order valence-corrected chi connectivity index (χ2v) is 10.9. The number of alkyl halides is 13. The number of likely N-dealkylation sites (N-methyl/N-ethyl adjacent to an activating group) is 1. The number of nitrogens with zero attached hydrogens (tertiary/aromatic N) is 1. The van der Waals surface area contributed by atoms with Gasteiger partial charge in [0, 0.05) is 12.7 Å². The Bertz CT molecular complexity index is 1150. The zero-order chi connectivity index (χ0) is 34.9. The highest BCUT2D eigenvalue weighted by Crippen LogP contribution is 2.60. The van der Waals surface area contributed by atoms with Crippen molar-refractivity contribution in [3.8, 4) is 5.75 Å². The summed E-state index contributed by atoms with van der Waals surface area (Å²) >= 11 is 0. The highest BCUT2D eigenvalue weighted by molar-refractivity contribution is 5.96. The van der Waals surface area contributed by atoms with E-state index in [0.717, 1.165) is 29.2 Å². The van der Waals surface area contributed by atoms with Crippen molar-refractivity contribution in [3.63, 3.8) is 0 Å². The maximum absolute atomic E-state index is 13.9. The number of ether oxygens (including phenoxy) is 2. The lowest BCUT2D eigenvalue weighted by molar-refractivity contribution is -0.440. The summed E-state index contributed by atoms with van der Waals surface area (Å²) in [5, 5.41) is 2.44. The van der Waals surface area contributed by atoms with Crippen molar-refractivity contribution in [2.45, 2.75) is 88.5 Å². The monoisotopic (exact) mass is 668 g/mol.